The van der Waals surface area contributed by atoms with Crippen LogP contribution in [0.25, 0.3) is 6.08 Å². The summed E-state index contributed by atoms with van der Waals surface area (Å²) >= 11 is 5.47. The highest BCUT2D eigenvalue weighted by molar-refractivity contribution is 6.18. The Morgan fingerprint density at radius 1 is 1.06 bits per heavy atom. The van der Waals surface area contributed by atoms with Crippen molar-refractivity contribution in [3.8, 4) is 11.5 Å². The Morgan fingerprint density at radius 2 is 1.84 bits per heavy atom. The van der Waals surface area contributed by atoms with Gasteiger partial charge >= 0.3 is 5.97 Å². The van der Waals surface area contributed by atoms with Gasteiger partial charge in [0.2, 0.25) is 6.79 Å². The number of carbonyl (C=O) groups is 3. The van der Waals surface area contributed by atoms with E-state index in [0.717, 1.165) is 0 Å². The Labute approximate surface area is 184 Å². The fourth-order valence-corrected chi connectivity index (χ4v) is 2.79. The van der Waals surface area contributed by atoms with E-state index < -0.39 is 17.8 Å². The molecule has 0 atom stereocenters. The predicted octanol–water partition coefficient (Wildman–Crippen LogP) is 2.47. The third kappa shape index (κ3) is 6.48. The number of esters is 1. The van der Waals surface area contributed by atoms with Crippen molar-refractivity contribution in [2.45, 2.75) is 6.42 Å². The van der Waals surface area contributed by atoms with Crippen molar-refractivity contribution < 1.29 is 28.6 Å². The van der Waals surface area contributed by atoms with Crippen LogP contribution in [0.3, 0.4) is 0 Å². The quantitative estimate of drug-likeness (QED) is 0.350. The third-order valence-corrected chi connectivity index (χ3v) is 4.35. The van der Waals surface area contributed by atoms with Gasteiger partial charge in [-0.3, -0.25) is 14.4 Å². The first-order valence-electron chi connectivity index (χ1n) is 9.54. The van der Waals surface area contributed by atoms with Gasteiger partial charge in [-0.15, -0.1) is 11.6 Å². The molecule has 2 N–H and O–H groups in total. The van der Waals surface area contributed by atoms with Gasteiger partial charge in [-0.1, -0.05) is 24.3 Å². The predicted molar refractivity (Wildman–Crippen MR) is 114 cm³/mol. The molecule has 2 aromatic rings. The van der Waals surface area contributed by atoms with Crippen molar-refractivity contribution in [1.82, 2.24) is 10.6 Å². The molecule has 162 valence electrons. The molecule has 0 saturated carbocycles. The molecule has 2 amide bonds. The van der Waals surface area contributed by atoms with Gasteiger partial charge in [0, 0.05) is 12.1 Å². The molecule has 0 spiro atoms. The van der Waals surface area contributed by atoms with Gasteiger partial charge in [-0.25, -0.2) is 0 Å². The maximum absolute atomic E-state index is 12.7. The minimum absolute atomic E-state index is 0.0156. The molecule has 9 heteroatoms. The van der Waals surface area contributed by atoms with E-state index in [9.17, 15) is 14.4 Å². The molecule has 0 saturated heterocycles. The van der Waals surface area contributed by atoms with Gasteiger partial charge in [-0.05, 0) is 35.9 Å². The smallest absolute Gasteiger partial charge is 0.307 e. The fraction of sp³-hybridized carbons (Fsp3) is 0.227. The number of rotatable bonds is 9. The van der Waals surface area contributed by atoms with Gasteiger partial charge in [0.1, 0.15) is 12.3 Å². The standard InChI is InChI=1S/C22H21ClN2O6/c23-9-11-29-20(26)8-10-24-22(28)17(25-21(27)16-4-2-1-3-5-16)12-15-6-7-18-19(13-15)31-14-30-18/h1-7,12-13H,8-11,14H2,(H,24,28)(H,25,27)/b17-12-. The first kappa shape index (κ1) is 22.2. The van der Waals surface area contributed by atoms with Crippen molar-refractivity contribution >= 4 is 35.5 Å². The van der Waals surface area contributed by atoms with Crippen molar-refractivity contribution in [1.29, 1.82) is 0 Å². The molecule has 0 unspecified atom stereocenters. The first-order chi connectivity index (χ1) is 15.1. The molecule has 0 bridgehead atoms. The van der Waals surface area contributed by atoms with E-state index in [-0.39, 0.29) is 37.9 Å². The van der Waals surface area contributed by atoms with Crippen LogP contribution in [-0.4, -0.2) is 43.6 Å². The topological polar surface area (TPSA) is 103 Å². The number of amides is 2. The lowest BCUT2D eigenvalue weighted by Crippen LogP contribution is -2.36. The van der Waals surface area contributed by atoms with Gasteiger partial charge in [0.15, 0.2) is 11.5 Å². The number of hydrogen-bond donors (Lipinski definition) is 2. The van der Waals surface area contributed by atoms with Crippen LogP contribution in [0.2, 0.25) is 0 Å². The maximum Gasteiger partial charge on any atom is 0.307 e. The van der Waals surface area contributed by atoms with Crippen LogP contribution in [0.15, 0.2) is 54.2 Å². The molecule has 3 rings (SSSR count). The summed E-state index contributed by atoms with van der Waals surface area (Å²) in [6, 6.07) is 13.7. The zero-order valence-corrected chi connectivity index (χ0v) is 17.3. The Bertz CT molecular complexity index is 977. The minimum atomic E-state index is -0.549. The number of alkyl halides is 1. The lowest BCUT2D eigenvalue weighted by atomic mass is 10.1. The Kier molecular flexibility index (Phi) is 7.89. The van der Waals surface area contributed by atoms with Gasteiger partial charge < -0.3 is 24.8 Å². The number of hydrogen-bond acceptors (Lipinski definition) is 6. The summed E-state index contributed by atoms with van der Waals surface area (Å²) in [6.07, 6.45) is 1.50. The number of ether oxygens (including phenoxy) is 3. The largest absolute Gasteiger partial charge is 0.464 e. The zero-order valence-electron chi connectivity index (χ0n) is 16.6. The number of halogens is 1. The number of benzene rings is 2. The molecule has 0 fully saturated rings. The second-order valence-corrected chi connectivity index (χ2v) is 6.78. The summed E-state index contributed by atoms with van der Waals surface area (Å²) in [4.78, 5) is 36.9. The van der Waals surface area contributed by atoms with E-state index in [4.69, 9.17) is 25.8 Å². The van der Waals surface area contributed by atoms with Crippen molar-refractivity contribution in [3.63, 3.8) is 0 Å². The van der Waals surface area contributed by atoms with Crippen LogP contribution in [0, 0.1) is 0 Å². The Morgan fingerprint density at radius 3 is 2.61 bits per heavy atom. The van der Waals surface area contributed by atoms with Crippen molar-refractivity contribution in [2.75, 3.05) is 25.8 Å². The number of carbonyl (C=O) groups excluding carboxylic acids is 3. The molecule has 0 aromatic heterocycles. The SMILES string of the molecule is O=C(CCNC(=O)/C(=C/c1ccc2c(c1)OCO2)NC(=O)c1ccccc1)OCCCl. The van der Waals surface area contributed by atoms with Crippen LogP contribution < -0.4 is 20.1 Å². The van der Waals surface area contributed by atoms with E-state index in [1.54, 1.807) is 48.5 Å². The summed E-state index contributed by atoms with van der Waals surface area (Å²) in [5, 5.41) is 5.23. The summed E-state index contributed by atoms with van der Waals surface area (Å²) in [7, 11) is 0. The lowest BCUT2D eigenvalue weighted by molar-refractivity contribution is -0.142. The van der Waals surface area contributed by atoms with E-state index in [1.165, 1.54) is 6.08 Å². The average Bonchev–Trinajstić information content (AvgIpc) is 3.25. The van der Waals surface area contributed by atoms with Crippen LogP contribution in [0.4, 0.5) is 0 Å². The summed E-state index contributed by atoms with van der Waals surface area (Å²) in [5.74, 6) is -0.116. The van der Waals surface area contributed by atoms with E-state index in [2.05, 4.69) is 10.6 Å². The van der Waals surface area contributed by atoms with Crippen LogP contribution in [0.1, 0.15) is 22.3 Å². The second-order valence-electron chi connectivity index (χ2n) is 6.41. The first-order valence-corrected chi connectivity index (χ1v) is 10.1. The molecule has 1 aliphatic heterocycles. The van der Waals surface area contributed by atoms with Gasteiger partial charge in [-0.2, -0.15) is 0 Å². The monoisotopic (exact) mass is 444 g/mol. The molecule has 2 aromatic carbocycles. The molecule has 1 aliphatic rings. The van der Waals surface area contributed by atoms with Gasteiger partial charge in [0.25, 0.3) is 11.8 Å². The third-order valence-electron chi connectivity index (χ3n) is 4.19. The van der Waals surface area contributed by atoms with Gasteiger partial charge in [0.05, 0.1) is 12.3 Å². The lowest BCUT2D eigenvalue weighted by Gasteiger charge is -2.11. The molecule has 0 aliphatic carbocycles. The van der Waals surface area contributed by atoms with Crippen molar-refractivity contribution in [2.24, 2.45) is 0 Å². The van der Waals surface area contributed by atoms with Crippen molar-refractivity contribution in [3.05, 3.63) is 65.4 Å². The molecular weight excluding hydrogens is 424 g/mol. The Balaban J connectivity index is 1.73. The molecule has 8 nitrogen and oxygen atoms in total. The molecular formula is C22H21ClN2O6. The van der Waals surface area contributed by atoms with Crippen LogP contribution >= 0.6 is 11.6 Å². The second kappa shape index (κ2) is 11.0. The van der Waals surface area contributed by atoms with E-state index in [0.29, 0.717) is 22.6 Å². The highest BCUT2D eigenvalue weighted by atomic mass is 35.5. The highest BCUT2D eigenvalue weighted by Crippen LogP contribution is 2.33. The summed E-state index contributed by atoms with van der Waals surface area (Å²) < 4.78 is 15.5. The van der Waals surface area contributed by atoms with E-state index in [1.807, 2.05) is 0 Å². The molecule has 1 heterocycles. The highest BCUT2D eigenvalue weighted by Gasteiger charge is 2.17. The van der Waals surface area contributed by atoms with Crippen LogP contribution in [0.5, 0.6) is 11.5 Å². The number of fused-ring (bicyclic) bond motifs is 1. The molecule has 0 radical (unpaired) electrons. The summed E-state index contributed by atoms with van der Waals surface area (Å²) in [5.41, 5.74) is 1.04. The fourth-order valence-electron chi connectivity index (χ4n) is 2.71. The number of nitrogens with one attached hydrogen (secondary N) is 2. The van der Waals surface area contributed by atoms with E-state index >= 15 is 0 Å². The summed E-state index contributed by atoms with van der Waals surface area (Å²) in [6.45, 7) is 0.275. The molecule has 31 heavy (non-hydrogen) atoms. The average molecular weight is 445 g/mol. The Hall–Kier alpha value is -3.52. The van der Waals surface area contributed by atoms with Crippen LogP contribution in [-0.2, 0) is 14.3 Å². The normalized spacial score (nSPS) is 12.2. The minimum Gasteiger partial charge on any atom is -0.464 e. The maximum atomic E-state index is 12.7. The zero-order chi connectivity index (χ0) is 22.1.